The highest BCUT2D eigenvalue weighted by Gasteiger charge is 2.49. The third kappa shape index (κ3) is 5.21. The molecule has 0 saturated heterocycles. The van der Waals surface area contributed by atoms with Gasteiger partial charge in [-0.15, -0.1) is 0 Å². The second-order valence-electron chi connectivity index (χ2n) is 21.5. The zero-order valence-corrected chi connectivity index (χ0v) is 40.4. The van der Waals surface area contributed by atoms with Crippen molar-refractivity contribution in [3.05, 3.63) is 208 Å². The fourth-order valence-electron chi connectivity index (χ4n) is 13.4. The molecule has 0 amide bonds. The highest BCUT2D eigenvalue weighted by Crippen LogP contribution is 2.64. The summed E-state index contributed by atoms with van der Waals surface area (Å²) in [6.45, 7) is 19.6. The molecule has 14 rings (SSSR count). The van der Waals surface area contributed by atoms with Gasteiger partial charge < -0.3 is 14.1 Å². The number of hydrogen-bond donors (Lipinski definition) is 0. The number of aromatic nitrogens is 1. The van der Waals surface area contributed by atoms with E-state index >= 15 is 0 Å². The predicted molar refractivity (Wildman–Crippen MR) is 284 cm³/mol. The molecule has 4 aliphatic rings. The van der Waals surface area contributed by atoms with Crippen molar-refractivity contribution in [2.45, 2.75) is 78.2 Å². The number of hydrogen-bond acceptors (Lipinski definition) is 4. The molecule has 0 N–H and O–H groups in total. The van der Waals surface area contributed by atoms with Crippen LogP contribution < -0.4 is 9.64 Å². The minimum Gasteiger partial charge on any atom is -0.488 e. The fourth-order valence-corrected chi connectivity index (χ4v) is 13.4. The van der Waals surface area contributed by atoms with E-state index in [1.54, 1.807) is 0 Å². The van der Waals surface area contributed by atoms with Crippen LogP contribution in [0, 0.1) is 13.8 Å². The molecule has 10 aromatic rings. The lowest BCUT2D eigenvalue weighted by molar-refractivity contribution is 0.303. The maximum absolute atomic E-state index is 6.99. The van der Waals surface area contributed by atoms with E-state index in [1.165, 1.54) is 111 Å². The number of aryl methyl sites for hydroxylation is 2. The minimum atomic E-state index is -0.325. The van der Waals surface area contributed by atoms with E-state index in [0.29, 0.717) is 6.61 Å². The molecule has 3 aliphatic carbocycles. The van der Waals surface area contributed by atoms with Gasteiger partial charge in [0.05, 0.1) is 5.69 Å². The smallest absolute Gasteiger partial charge is 0.144 e. The lowest BCUT2D eigenvalue weighted by Crippen LogP contribution is -2.24. The molecule has 4 heteroatoms. The molecule has 334 valence electrons. The summed E-state index contributed by atoms with van der Waals surface area (Å²) in [6.07, 6.45) is 3.76. The van der Waals surface area contributed by atoms with Gasteiger partial charge >= 0.3 is 0 Å². The van der Waals surface area contributed by atoms with Gasteiger partial charge in [0, 0.05) is 67.5 Å². The average Bonchev–Trinajstić information content (AvgIpc) is 4.00. The second-order valence-corrected chi connectivity index (χ2v) is 21.5. The molecule has 0 bridgehead atoms. The number of ether oxygens (including phenoxy) is 1. The molecule has 0 fully saturated rings. The van der Waals surface area contributed by atoms with Crippen molar-refractivity contribution in [3.63, 3.8) is 0 Å². The molecule has 2 aromatic heterocycles. The Hall–Kier alpha value is -7.69. The van der Waals surface area contributed by atoms with Crippen LogP contribution in [0.5, 0.6) is 5.75 Å². The number of fused-ring (bicyclic) bond motifs is 19. The molecule has 4 nitrogen and oxygen atoms in total. The summed E-state index contributed by atoms with van der Waals surface area (Å²) < 4.78 is 13.8. The first kappa shape index (κ1) is 40.4. The Morgan fingerprint density at radius 1 is 0.493 bits per heavy atom. The van der Waals surface area contributed by atoms with Crippen LogP contribution in [0.3, 0.4) is 0 Å². The topological polar surface area (TPSA) is 38.5 Å². The lowest BCUT2D eigenvalue weighted by Gasteiger charge is -2.32. The maximum atomic E-state index is 6.99. The Labute approximate surface area is 403 Å². The highest BCUT2D eigenvalue weighted by molar-refractivity contribution is 6.21. The van der Waals surface area contributed by atoms with Crippen molar-refractivity contribution in [1.29, 1.82) is 0 Å². The van der Waals surface area contributed by atoms with Crippen LogP contribution in [0.25, 0.3) is 77.6 Å². The van der Waals surface area contributed by atoms with Crippen molar-refractivity contribution < 1.29 is 9.15 Å². The van der Waals surface area contributed by atoms with Gasteiger partial charge in [-0.05, 0) is 151 Å². The molecule has 0 atom stereocenters. The summed E-state index contributed by atoms with van der Waals surface area (Å²) in [5.74, 6) is 0.948. The third-order valence-electron chi connectivity index (χ3n) is 16.6. The van der Waals surface area contributed by atoms with E-state index in [4.69, 9.17) is 9.15 Å². The first-order chi connectivity index (χ1) is 33.4. The van der Waals surface area contributed by atoms with Crippen LogP contribution in [0.1, 0.15) is 91.6 Å². The van der Waals surface area contributed by atoms with Crippen molar-refractivity contribution in [2.24, 2.45) is 0 Å². The first-order valence-corrected chi connectivity index (χ1v) is 24.5. The van der Waals surface area contributed by atoms with E-state index in [1.807, 2.05) is 12.4 Å². The number of pyridine rings is 1. The van der Waals surface area contributed by atoms with Gasteiger partial charge in [-0.25, -0.2) is 0 Å². The summed E-state index contributed by atoms with van der Waals surface area (Å²) in [4.78, 5) is 6.91. The summed E-state index contributed by atoms with van der Waals surface area (Å²) >= 11 is 0. The zero-order valence-electron chi connectivity index (χ0n) is 40.4. The summed E-state index contributed by atoms with van der Waals surface area (Å²) in [6, 6.07) is 54.2. The molecule has 0 unspecified atom stereocenters. The van der Waals surface area contributed by atoms with Gasteiger partial charge in [0.15, 0.2) is 0 Å². The molecular weight excluding hydrogens is 841 g/mol. The standard InChI is InChI=1S/C65H52N2O2/c1-36-16-15-17-37(2)60(36)67(40-24-26-44-49(32-40)63(3,4)51-34-47(38-28-30-66-31-29-38)61-55(53(44)51)42-19-10-9-18-39(42)35-68-61)41-25-27-45-50(33-41)65(7,8)58-54(45)56-46-21-12-14-23-52(46)69-62(56)57-43-20-11-13-22-48(43)64(5,6)59(57)58/h9-34H,35H2,1-8H3. The normalized spacial score (nSPS) is 15.7. The molecule has 69 heavy (non-hydrogen) atoms. The van der Waals surface area contributed by atoms with Crippen molar-refractivity contribution in [2.75, 3.05) is 4.90 Å². The number of para-hydroxylation sites is 2. The predicted octanol–water partition coefficient (Wildman–Crippen LogP) is 17.2. The number of nitrogens with zero attached hydrogens (tertiary/aromatic N) is 2. The number of benzene rings is 8. The van der Waals surface area contributed by atoms with Crippen LogP contribution in [0.4, 0.5) is 17.1 Å². The zero-order chi connectivity index (χ0) is 46.9. The van der Waals surface area contributed by atoms with Crippen LogP contribution >= 0.6 is 0 Å². The van der Waals surface area contributed by atoms with E-state index in [-0.39, 0.29) is 16.2 Å². The Balaban J connectivity index is 0.995. The van der Waals surface area contributed by atoms with E-state index in [9.17, 15) is 0 Å². The SMILES string of the molecule is Cc1cccc(C)c1N(c1ccc2c(c1)C(C)(C)c1cc(-c3ccncc3)c3c(c1-2)-c1ccccc1CO3)c1ccc2c(c1)C(C)(C)c1c3c(c4oc5ccccc5c4c1-2)-c1ccccc1C3(C)C. The highest BCUT2D eigenvalue weighted by atomic mass is 16.5. The lowest BCUT2D eigenvalue weighted by atomic mass is 9.72. The van der Waals surface area contributed by atoms with Crippen molar-refractivity contribution >= 4 is 39.0 Å². The average molecular weight is 893 g/mol. The van der Waals surface area contributed by atoms with Crippen molar-refractivity contribution in [1.82, 2.24) is 4.98 Å². The minimum absolute atomic E-state index is 0.225. The van der Waals surface area contributed by atoms with E-state index < -0.39 is 0 Å². The molecule has 0 saturated carbocycles. The number of furan rings is 1. The van der Waals surface area contributed by atoms with Gasteiger partial charge in [-0.3, -0.25) is 4.98 Å². The van der Waals surface area contributed by atoms with Crippen molar-refractivity contribution in [3.8, 4) is 61.4 Å². The summed E-state index contributed by atoms with van der Waals surface area (Å²) in [5, 5.41) is 2.39. The van der Waals surface area contributed by atoms with Crippen LogP contribution in [0.2, 0.25) is 0 Å². The van der Waals surface area contributed by atoms with Gasteiger partial charge in [0.25, 0.3) is 0 Å². The molecular formula is C65H52N2O2. The molecule has 0 radical (unpaired) electrons. The largest absolute Gasteiger partial charge is 0.488 e. The number of anilines is 3. The van der Waals surface area contributed by atoms with Gasteiger partial charge in [-0.2, -0.15) is 0 Å². The third-order valence-corrected chi connectivity index (χ3v) is 16.6. The van der Waals surface area contributed by atoms with Crippen LogP contribution in [0.15, 0.2) is 162 Å². The van der Waals surface area contributed by atoms with Gasteiger partial charge in [0.1, 0.15) is 23.5 Å². The second kappa shape index (κ2) is 13.7. The monoisotopic (exact) mass is 892 g/mol. The Kier molecular flexibility index (Phi) is 8.04. The molecule has 1 aliphatic heterocycles. The summed E-state index contributed by atoms with van der Waals surface area (Å²) in [5.41, 5.74) is 28.7. The first-order valence-electron chi connectivity index (χ1n) is 24.5. The molecule has 3 heterocycles. The molecule has 0 spiro atoms. The van der Waals surface area contributed by atoms with Crippen LogP contribution in [-0.4, -0.2) is 4.98 Å². The number of rotatable bonds is 4. The quantitative estimate of drug-likeness (QED) is 0.176. The Bertz CT molecular complexity index is 3880. The summed E-state index contributed by atoms with van der Waals surface area (Å²) in [7, 11) is 0. The maximum Gasteiger partial charge on any atom is 0.144 e. The van der Waals surface area contributed by atoms with E-state index in [0.717, 1.165) is 39.4 Å². The van der Waals surface area contributed by atoms with Gasteiger partial charge in [0.2, 0.25) is 0 Å². The van der Waals surface area contributed by atoms with E-state index in [2.05, 4.69) is 211 Å². The van der Waals surface area contributed by atoms with Gasteiger partial charge in [-0.1, -0.05) is 139 Å². The van der Waals surface area contributed by atoms with Crippen LogP contribution in [-0.2, 0) is 22.9 Å². The Morgan fingerprint density at radius 3 is 1.86 bits per heavy atom. The fraction of sp³-hybridized carbons (Fsp3) is 0.185. The molecule has 8 aromatic carbocycles. The Morgan fingerprint density at radius 2 is 1.10 bits per heavy atom.